The van der Waals surface area contributed by atoms with Gasteiger partial charge in [-0.05, 0) is 51.7 Å². The molecule has 1 aromatic rings. The van der Waals surface area contributed by atoms with Gasteiger partial charge in [-0.2, -0.15) is 0 Å². The fourth-order valence-corrected chi connectivity index (χ4v) is 3.66. The molecule has 1 atom stereocenters. The fourth-order valence-electron chi connectivity index (χ4n) is 2.66. The summed E-state index contributed by atoms with van der Waals surface area (Å²) < 4.78 is 0. The predicted molar refractivity (Wildman–Crippen MR) is 82.6 cm³/mol. The molecule has 0 aliphatic carbocycles. The van der Waals surface area contributed by atoms with Crippen molar-refractivity contribution in [2.24, 2.45) is 0 Å². The molecule has 1 fully saturated rings. The maximum Gasteiger partial charge on any atom is 0.329 e. The molecule has 0 radical (unpaired) electrons. The Labute approximate surface area is 129 Å². The first-order valence-corrected chi connectivity index (χ1v) is 8.01. The van der Waals surface area contributed by atoms with Crippen LogP contribution in [0.5, 0.6) is 0 Å². The Morgan fingerprint density at radius 3 is 2.71 bits per heavy atom. The van der Waals surface area contributed by atoms with Crippen LogP contribution in [0.3, 0.4) is 0 Å². The summed E-state index contributed by atoms with van der Waals surface area (Å²) in [6, 6.07) is 1.77. The maximum atomic E-state index is 12.3. The van der Waals surface area contributed by atoms with Gasteiger partial charge in [-0.15, -0.1) is 11.3 Å². The number of carboxylic acids is 1. The molecular formula is C15H22N2O3S. The Kier molecular flexibility index (Phi) is 4.56. The minimum atomic E-state index is -1.09. The van der Waals surface area contributed by atoms with E-state index in [0.29, 0.717) is 19.5 Å². The van der Waals surface area contributed by atoms with Gasteiger partial charge in [-0.25, -0.2) is 9.59 Å². The summed E-state index contributed by atoms with van der Waals surface area (Å²) in [5, 5.41) is 12.3. The Morgan fingerprint density at radius 1 is 1.43 bits per heavy atom. The zero-order chi connectivity index (χ0) is 15.6. The molecule has 6 heteroatoms. The number of rotatable bonds is 3. The summed E-state index contributed by atoms with van der Waals surface area (Å²) in [5.74, 6) is -0.930. The van der Waals surface area contributed by atoms with Crippen molar-refractivity contribution in [1.29, 1.82) is 0 Å². The number of aryl methyl sites for hydroxylation is 2. The number of carbonyl (C=O) groups is 2. The SMILES string of the molecule is Cc1cc(CNC(=O)N2CCCCC2(C)C(=O)O)sc1C. The number of likely N-dealkylation sites (tertiary alicyclic amines) is 1. The standard InChI is InChI=1S/C15H22N2O3S/c1-10-8-12(21-11(10)2)9-16-14(20)17-7-5-4-6-15(17,3)13(18)19/h8H,4-7,9H2,1-3H3,(H,16,20)(H,18,19). The molecular weight excluding hydrogens is 288 g/mol. The van der Waals surface area contributed by atoms with Crippen molar-refractivity contribution in [3.05, 3.63) is 21.4 Å². The molecule has 1 aliphatic rings. The molecule has 5 nitrogen and oxygen atoms in total. The fraction of sp³-hybridized carbons (Fsp3) is 0.600. The van der Waals surface area contributed by atoms with Crippen LogP contribution >= 0.6 is 11.3 Å². The number of amides is 2. The molecule has 21 heavy (non-hydrogen) atoms. The molecule has 0 spiro atoms. The minimum Gasteiger partial charge on any atom is -0.480 e. The van der Waals surface area contributed by atoms with E-state index in [2.05, 4.69) is 18.3 Å². The van der Waals surface area contributed by atoms with Crippen molar-refractivity contribution >= 4 is 23.3 Å². The number of thiophene rings is 1. The van der Waals surface area contributed by atoms with Gasteiger partial charge in [0, 0.05) is 16.3 Å². The van der Waals surface area contributed by atoms with E-state index in [9.17, 15) is 14.7 Å². The third kappa shape index (κ3) is 3.20. The molecule has 0 aromatic carbocycles. The van der Waals surface area contributed by atoms with E-state index in [0.717, 1.165) is 17.7 Å². The monoisotopic (exact) mass is 310 g/mol. The van der Waals surface area contributed by atoms with Crippen LogP contribution in [0.4, 0.5) is 4.79 Å². The average molecular weight is 310 g/mol. The van der Waals surface area contributed by atoms with Crippen molar-refractivity contribution in [3.8, 4) is 0 Å². The van der Waals surface area contributed by atoms with Crippen LogP contribution in [0.2, 0.25) is 0 Å². The lowest BCUT2D eigenvalue weighted by Crippen LogP contribution is -2.59. The van der Waals surface area contributed by atoms with Gasteiger partial charge in [0.15, 0.2) is 0 Å². The lowest BCUT2D eigenvalue weighted by molar-refractivity contribution is -0.150. The third-order valence-electron chi connectivity index (χ3n) is 4.23. The van der Waals surface area contributed by atoms with Crippen LogP contribution < -0.4 is 5.32 Å². The number of carboxylic acid groups (broad SMARTS) is 1. The Balaban J connectivity index is 2.03. The van der Waals surface area contributed by atoms with Crippen LogP contribution in [-0.4, -0.2) is 34.1 Å². The molecule has 1 aromatic heterocycles. The highest BCUT2D eigenvalue weighted by Gasteiger charge is 2.43. The summed E-state index contributed by atoms with van der Waals surface area (Å²) in [4.78, 5) is 27.6. The van der Waals surface area contributed by atoms with Crippen LogP contribution in [0.15, 0.2) is 6.07 Å². The number of aliphatic carboxylic acids is 1. The second-order valence-corrected chi connectivity index (χ2v) is 7.14. The lowest BCUT2D eigenvalue weighted by atomic mass is 9.89. The smallest absolute Gasteiger partial charge is 0.329 e. The molecule has 1 saturated heterocycles. The van der Waals surface area contributed by atoms with Crippen molar-refractivity contribution in [1.82, 2.24) is 10.2 Å². The Morgan fingerprint density at radius 2 is 2.14 bits per heavy atom. The number of carbonyl (C=O) groups excluding carboxylic acids is 1. The van der Waals surface area contributed by atoms with E-state index in [4.69, 9.17) is 0 Å². The first kappa shape index (κ1) is 15.8. The lowest BCUT2D eigenvalue weighted by Gasteiger charge is -2.41. The third-order valence-corrected chi connectivity index (χ3v) is 5.38. The first-order chi connectivity index (χ1) is 9.84. The predicted octanol–water partition coefficient (Wildman–Crippen LogP) is 2.90. The average Bonchev–Trinajstić information content (AvgIpc) is 2.75. The topological polar surface area (TPSA) is 69.6 Å². The molecule has 2 heterocycles. The highest BCUT2D eigenvalue weighted by molar-refractivity contribution is 7.12. The van der Waals surface area contributed by atoms with Crippen LogP contribution in [0.25, 0.3) is 0 Å². The van der Waals surface area contributed by atoms with Gasteiger partial charge < -0.3 is 15.3 Å². The molecule has 1 aliphatic heterocycles. The summed E-state index contributed by atoms with van der Waals surface area (Å²) in [7, 11) is 0. The van der Waals surface area contributed by atoms with Crippen LogP contribution in [0, 0.1) is 13.8 Å². The highest BCUT2D eigenvalue weighted by Crippen LogP contribution is 2.28. The summed E-state index contributed by atoms with van der Waals surface area (Å²) in [5.41, 5.74) is 0.126. The van der Waals surface area contributed by atoms with E-state index < -0.39 is 11.5 Å². The molecule has 0 saturated carbocycles. The van der Waals surface area contributed by atoms with E-state index in [1.165, 1.54) is 15.3 Å². The van der Waals surface area contributed by atoms with Gasteiger partial charge in [-0.1, -0.05) is 0 Å². The van der Waals surface area contributed by atoms with Crippen molar-refractivity contribution in [3.63, 3.8) is 0 Å². The summed E-state index contributed by atoms with van der Waals surface area (Å²) in [6.45, 7) is 6.68. The number of nitrogens with zero attached hydrogens (tertiary/aromatic N) is 1. The van der Waals surface area contributed by atoms with Gasteiger partial charge in [-0.3, -0.25) is 0 Å². The van der Waals surface area contributed by atoms with E-state index in [1.54, 1.807) is 18.3 Å². The first-order valence-electron chi connectivity index (χ1n) is 7.19. The number of nitrogens with one attached hydrogen (secondary N) is 1. The number of piperidine rings is 1. The Hall–Kier alpha value is -1.56. The van der Waals surface area contributed by atoms with Crippen LogP contribution in [0.1, 0.15) is 41.5 Å². The second-order valence-electron chi connectivity index (χ2n) is 5.80. The molecule has 2 rings (SSSR count). The van der Waals surface area contributed by atoms with Crippen molar-refractivity contribution in [2.75, 3.05) is 6.54 Å². The second kappa shape index (κ2) is 6.05. The number of hydrogen-bond donors (Lipinski definition) is 2. The number of urea groups is 1. The van der Waals surface area contributed by atoms with Gasteiger partial charge in [0.1, 0.15) is 5.54 Å². The molecule has 0 bridgehead atoms. The highest BCUT2D eigenvalue weighted by atomic mass is 32.1. The van der Waals surface area contributed by atoms with Crippen molar-refractivity contribution in [2.45, 2.75) is 52.1 Å². The van der Waals surface area contributed by atoms with Gasteiger partial charge in [0.05, 0.1) is 6.54 Å². The molecule has 2 amide bonds. The maximum absolute atomic E-state index is 12.3. The summed E-state index contributed by atoms with van der Waals surface area (Å²) in [6.07, 6.45) is 2.20. The number of hydrogen-bond acceptors (Lipinski definition) is 3. The van der Waals surface area contributed by atoms with Crippen molar-refractivity contribution < 1.29 is 14.7 Å². The van der Waals surface area contributed by atoms with E-state index >= 15 is 0 Å². The minimum absolute atomic E-state index is 0.289. The largest absolute Gasteiger partial charge is 0.480 e. The molecule has 1 unspecified atom stereocenters. The zero-order valence-electron chi connectivity index (χ0n) is 12.7. The van der Waals surface area contributed by atoms with E-state index in [1.807, 2.05) is 6.92 Å². The summed E-state index contributed by atoms with van der Waals surface area (Å²) >= 11 is 1.66. The van der Waals surface area contributed by atoms with Gasteiger partial charge >= 0.3 is 12.0 Å². The van der Waals surface area contributed by atoms with Gasteiger partial charge in [0.25, 0.3) is 0 Å². The molecule has 116 valence electrons. The zero-order valence-corrected chi connectivity index (χ0v) is 13.5. The van der Waals surface area contributed by atoms with Gasteiger partial charge in [0.2, 0.25) is 0 Å². The quantitative estimate of drug-likeness (QED) is 0.902. The normalized spacial score (nSPS) is 22.1. The Bertz CT molecular complexity index is 536. The van der Waals surface area contributed by atoms with Crippen LogP contribution in [-0.2, 0) is 11.3 Å². The van der Waals surface area contributed by atoms with E-state index in [-0.39, 0.29) is 6.03 Å². The molecule has 2 N–H and O–H groups in total.